The second-order valence-corrected chi connectivity index (χ2v) is 7.59. The summed E-state index contributed by atoms with van der Waals surface area (Å²) in [5.74, 6) is -0.0666. The lowest BCUT2D eigenvalue weighted by Gasteiger charge is -2.26. The zero-order valence-electron chi connectivity index (χ0n) is 16.7. The standard InChI is InChI=1S/C22H28N2O3/c1-15-9-7-8-10-18(15)23-24(5)19-14-16(11-12-20(25)27-6)13-17(21(19)26)22(2,3)4/h7-10,13-14,26H,1,11-12H2,2-6H3/b23-18-. The highest BCUT2D eigenvalue weighted by Gasteiger charge is 2.23. The van der Waals surface area contributed by atoms with Gasteiger partial charge in [0.05, 0.1) is 12.8 Å². The number of methoxy groups -OCH3 is 1. The van der Waals surface area contributed by atoms with E-state index in [1.165, 1.54) is 7.11 Å². The summed E-state index contributed by atoms with van der Waals surface area (Å²) < 4.78 is 4.74. The Morgan fingerprint density at radius 1 is 1.26 bits per heavy atom. The van der Waals surface area contributed by atoms with E-state index >= 15 is 0 Å². The lowest BCUT2D eigenvalue weighted by Crippen LogP contribution is -2.17. The van der Waals surface area contributed by atoms with Crippen molar-refractivity contribution in [2.24, 2.45) is 5.10 Å². The number of rotatable bonds is 5. The number of anilines is 1. The summed E-state index contributed by atoms with van der Waals surface area (Å²) in [6.07, 6.45) is 8.38. The molecule has 0 aromatic heterocycles. The van der Waals surface area contributed by atoms with E-state index in [0.29, 0.717) is 12.1 Å². The van der Waals surface area contributed by atoms with Gasteiger partial charge < -0.3 is 9.84 Å². The maximum atomic E-state index is 11.5. The fraction of sp³-hybridized carbons (Fsp3) is 0.364. The summed E-state index contributed by atoms with van der Waals surface area (Å²) >= 11 is 0. The molecular formula is C22H28N2O3. The number of ether oxygens (including phenoxy) is 1. The number of phenolic OH excluding ortho intramolecular Hbond substituents is 1. The molecule has 0 radical (unpaired) electrons. The van der Waals surface area contributed by atoms with Crippen LogP contribution in [0.3, 0.4) is 0 Å². The number of benzene rings is 1. The molecule has 0 amide bonds. The van der Waals surface area contributed by atoms with Gasteiger partial charge in [-0.1, -0.05) is 51.6 Å². The molecule has 0 unspecified atom stereocenters. The minimum Gasteiger partial charge on any atom is -0.505 e. The van der Waals surface area contributed by atoms with Crippen molar-refractivity contribution in [1.82, 2.24) is 0 Å². The number of carbonyl (C=O) groups is 1. The van der Waals surface area contributed by atoms with Crippen LogP contribution in [0.5, 0.6) is 5.75 Å². The zero-order valence-corrected chi connectivity index (χ0v) is 16.7. The minimum atomic E-state index is -0.259. The van der Waals surface area contributed by atoms with Crippen LogP contribution in [0.15, 0.2) is 53.7 Å². The average molecular weight is 368 g/mol. The summed E-state index contributed by atoms with van der Waals surface area (Å²) in [4.78, 5) is 11.5. The molecule has 0 fully saturated rings. The Hall–Kier alpha value is -2.82. The summed E-state index contributed by atoms with van der Waals surface area (Å²) in [6.45, 7) is 10.1. The normalized spacial score (nSPS) is 15.3. The van der Waals surface area contributed by atoms with Crippen LogP contribution in [0.2, 0.25) is 0 Å². The van der Waals surface area contributed by atoms with Gasteiger partial charge in [-0.25, -0.2) is 0 Å². The summed E-state index contributed by atoms with van der Waals surface area (Å²) in [5.41, 5.74) is 3.63. The molecule has 0 aliphatic heterocycles. The number of aromatic hydroxyl groups is 1. The molecule has 2 rings (SSSR count). The largest absolute Gasteiger partial charge is 0.505 e. The monoisotopic (exact) mass is 368 g/mol. The quantitative estimate of drug-likeness (QED) is 0.623. The number of nitrogens with zero attached hydrogens (tertiary/aromatic N) is 2. The van der Waals surface area contributed by atoms with Gasteiger partial charge in [-0.15, -0.1) is 0 Å². The first kappa shape index (κ1) is 20.5. The van der Waals surface area contributed by atoms with Crippen LogP contribution in [0, 0.1) is 0 Å². The fourth-order valence-corrected chi connectivity index (χ4v) is 2.81. The lowest BCUT2D eigenvalue weighted by molar-refractivity contribution is -0.140. The minimum absolute atomic E-state index is 0.192. The van der Waals surface area contributed by atoms with Gasteiger partial charge in [0.25, 0.3) is 0 Å². The number of hydrogen-bond donors (Lipinski definition) is 1. The number of hydrazone groups is 1. The fourth-order valence-electron chi connectivity index (χ4n) is 2.81. The smallest absolute Gasteiger partial charge is 0.305 e. The first-order valence-electron chi connectivity index (χ1n) is 8.93. The molecule has 1 aliphatic rings. The van der Waals surface area contributed by atoms with Gasteiger partial charge in [-0.3, -0.25) is 9.80 Å². The van der Waals surface area contributed by atoms with Gasteiger partial charge in [0.1, 0.15) is 11.4 Å². The molecule has 1 N–H and O–H groups in total. The molecule has 0 atom stereocenters. The SMILES string of the molecule is C=C1C=CC=C/C1=N/N(C)c1cc(CCC(=O)OC)cc(C(C)(C)C)c1O. The van der Waals surface area contributed by atoms with E-state index < -0.39 is 0 Å². The highest BCUT2D eigenvalue weighted by molar-refractivity contribution is 6.11. The van der Waals surface area contributed by atoms with Crippen molar-refractivity contribution in [2.75, 3.05) is 19.2 Å². The molecule has 0 saturated carbocycles. The van der Waals surface area contributed by atoms with Crippen molar-refractivity contribution in [3.05, 3.63) is 59.7 Å². The summed E-state index contributed by atoms with van der Waals surface area (Å²) in [6, 6.07) is 3.81. The van der Waals surface area contributed by atoms with Crippen molar-refractivity contribution in [3.63, 3.8) is 0 Å². The molecule has 5 heteroatoms. The molecular weight excluding hydrogens is 340 g/mol. The Morgan fingerprint density at radius 3 is 2.52 bits per heavy atom. The van der Waals surface area contributed by atoms with Crippen LogP contribution < -0.4 is 5.01 Å². The lowest BCUT2D eigenvalue weighted by atomic mass is 9.84. The van der Waals surface area contributed by atoms with Crippen LogP contribution in [-0.4, -0.2) is 30.9 Å². The topological polar surface area (TPSA) is 62.1 Å². The van der Waals surface area contributed by atoms with Crippen molar-refractivity contribution < 1.29 is 14.6 Å². The third kappa shape index (κ3) is 5.09. The molecule has 1 aliphatic carbocycles. The third-order valence-electron chi connectivity index (χ3n) is 4.40. The van der Waals surface area contributed by atoms with E-state index in [-0.39, 0.29) is 23.6 Å². The third-order valence-corrected chi connectivity index (χ3v) is 4.40. The Balaban J connectivity index is 2.45. The zero-order chi connectivity index (χ0) is 20.2. The maximum absolute atomic E-state index is 11.5. The van der Waals surface area contributed by atoms with Crippen LogP contribution in [0.25, 0.3) is 0 Å². The number of esters is 1. The van der Waals surface area contributed by atoms with Crippen molar-refractivity contribution in [2.45, 2.75) is 39.0 Å². The van der Waals surface area contributed by atoms with E-state index in [4.69, 9.17) is 4.74 Å². The molecule has 0 saturated heterocycles. The van der Waals surface area contributed by atoms with E-state index in [1.54, 1.807) is 12.1 Å². The second kappa shape index (κ2) is 8.25. The number of aryl methyl sites for hydroxylation is 1. The van der Waals surface area contributed by atoms with E-state index in [0.717, 1.165) is 22.4 Å². The second-order valence-electron chi connectivity index (χ2n) is 7.59. The Bertz CT molecular complexity index is 827. The summed E-state index contributed by atoms with van der Waals surface area (Å²) in [7, 11) is 3.17. The molecule has 1 aromatic rings. The Labute approximate surface area is 161 Å². The predicted molar refractivity (Wildman–Crippen MR) is 110 cm³/mol. The first-order valence-corrected chi connectivity index (χ1v) is 8.93. The van der Waals surface area contributed by atoms with Crippen LogP contribution in [0.4, 0.5) is 5.69 Å². The molecule has 0 heterocycles. The Morgan fingerprint density at radius 2 is 1.93 bits per heavy atom. The van der Waals surface area contributed by atoms with Gasteiger partial charge in [0.2, 0.25) is 0 Å². The number of hydrogen-bond acceptors (Lipinski definition) is 5. The van der Waals surface area contributed by atoms with Crippen LogP contribution in [0.1, 0.15) is 38.3 Å². The highest BCUT2D eigenvalue weighted by Crippen LogP contribution is 2.39. The van der Waals surface area contributed by atoms with Gasteiger partial charge in [0, 0.05) is 19.0 Å². The first-order chi connectivity index (χ1) is 12.6. The van der Waals surface area contributed by atoms with Crippen molar-refractivity contribution in [1.29, 1.82) is 0 Å². The molecule has 1 aromatic carbocycles. The number of carbonyl (C=O) groups excluding carboxylic acids is 1. The molecule has 0 bridgehead atoms. The maximum Gasteiger partial charge on any atom is 0.305 e. The van der Waals surface area contributed by atoms with Crippen molar-refractivity contribution in [3.8, 4) is 5.75 Å². The molecule has 5 nitrogen and oxygen atoms in total. The summed E-state index contributed by atoms with van der Waals surface area (Å²) in [5, 5.41) is 17.1. The molecule has 144 valence electrons. The average Bonchev–Trinajstić information content (AvgIpc) is 2.61. The van der Waals surface area contributed by atoms with Crippen molar-refractivity contribution >= 4 is 17.4 Å². The van der Waals surface area contributed by atoms with Gasteiger partial charge >= 0.3 is 5.97 Å². The van der Waals surface area contributed by atoms with Gasteiger partial charge in [-0.2, -0.15) is 5.10 Å². The van der Waals surface area contributed by atoms with E-state index in [2.05, 4.69) is 11.7 Å². The number of phenols is 1. The Kier molecular flexibility index (Phi) is 6.26. The van der Waals surface area contributed by atoms with Gasteiger partial charge in [0.15, 0.2) is 0 Å². The number of allylic oxidation sites excluding steroid dienone is 5. The highest BCUT2D eigenvalue weighted by atomic mass is 16.5. The molecule has 0 spiro atoms. The van der Waals surface area contributed by atoms with Crippen LogP contribution >= 0.6 is 0 Å². The molecule has 27 heavy (non-hydrogen) atoms. The van der Waals surface area contributed by atoms with E-state index in [9.17, 15) is 9.90 Å². The predicted octanol–water partition coefficient (Wildman–Crippen LogP) is 4.27. The van der Waals surface area contributed by atoms with Crippen LogP contribution in [-0.2, 0) is 21.4 Å². The van der Waals surface area contributed by atoms with Gasteiger partial charge in [-0.05, 0) is 35.1 Å². The van der Waals surface area contributed by atoms with E-state index in [1.807, 2.05) is 57.2 Å².